The van der Waals surface area contributed by atoms with Gasteiger partial charge < -0.3 is 0 Å². The third-order valence-corrected chi connectivity index (χ3v) is 3.44. The van der Waals surface area contributed by atoms with Crippen molar-refractivity contribution in [3.8, 4) is 0 Å². The first kappa shape index (κ1) is 13.0. The van der Waals surface area contributed by atoms with Crippen molar-refractivity contribution in [1.82, 2.24) is 0 Å². The quantitative estimate of drug-likeness (QED) is 0.455. The molecule has 0 aromatic carbocycles. The SMILES string of the molecule is CC(C)=CCCC(C)(C)C(C)(C)Cl. The molecule has 0 saturated heterocycles. The maximum atomic E-state index is 6.32. The Hall–Kier alpha value is 0.0300. The van der Waals surface area contributed by atoms with Crippen molar-refractivity contribution in [3.63, 3.8) is 0 Å². The van der Waals surface area contributed by atoms with Crippen molar-refractivity contribution in [2.75, 3.05) is 0 Å². The van der Waals surface area contributed by atoms with Crippen molar-refractivity contribution in [3.05, 3.63) is 11.6 Å². The molecule has 0 unspecified atom stereocenters. The zero-order valence-electron chi connectivity index (χ0n) is 9.87. The molecule has 0 rings (SSSR count). The molecule has 0 aromatic rings. The summed E-state index contributed by atoms with van der Waals surface area (Å²) in [7, 11) is 0. The highest BCUT2D eigenvalue weighted by molar-refractivity contribution is 6.23. The number of hydrogen-bond donors (Lipinski definition) is 0. The average Bonchev–Trinajstić information content (AvgIpc) is 1.82. The fourth-order valence-electron chi connectivity index (χ4n) is 1.02. The maximum Gasteiger partial charge on any atom is 0.0441 e. The Morgan fingerprint density at radius 2 is 1.62 bits per heavy atom. The first-order chi connectivity index (χ1) is 5.67. The van der Waals surface area contributed by atoms with Crippen molar-refractivity contribution in [2.24, 2.45) is 5.41 Å². The lowest BCUT2D eigenvalue weighted by Gasteiger charge is -2.36. The largest absolute Gasteiger partial charge is 0.119 e. The summed E-state index contributed by atoms with van der Waals surface area (Å²) >= 11 is 6.32. The minimum atomic E-state index is -0.123. The number of allylic oxidation sites excluding steroid dienone is 2. The predicted molar refractivity (Wildman–Crippen MR) is 62.4 cm³/mol. The molecule has 0 radical (unpaired) electrons. The molecule has 0 aliphatic heterocycles. The second-order valence-corrected chi connectivity index (χ2v) is 6.12. The van der Waals surface area contributed by atoms with E-state index in [9.17, 15) is 0 Å². The lowest BCUT2D eigenvalue weighted by molar-refractivity contribution is 0.256. The molecule has 0 amide bonds. The summed E-state index contributed by atoms with van der Waals surface area (Å²) in [5, 5.41) is 0. The maximum absolute atomic E-state index is 6.32. The second-order valence-electron chi connectivity index (χ2n) is 5.18. The van der Waals surface area contributed by atoms with E-state index < -0.39 is 0 Å². The second kappa shape index (κ2) is 4.50. The normalized spacial score (nSPS) is 12.8. The molecule has 13 heavy (non-hydrogen) atoms. The van der Waals surface area contributed by atoms with E-state index >= 15 is 0 Å². The van der Waals surface area contributed by atoms with Crippen molar-refractivity contribution < 1.29 is 0 Å². The highest BCUT2D eigenvalue weighted by Crippen LogP contribution is 2.40. The Kier molecular flexibility index (Phi) is 4.51. The van der Waals surface area contributed by atoms with Crippen molar-refractivity contribution in [2.45, 2.75) is 59.3 Å². The molecule has 0 N–H and O–H groups in total. The molecule has 0 aliphatic rings. The standard InChI is InChI=1S/C12H23Cl/c1-10(2)8-7-9-11(3,4)12(5,6)13/h8H,7,9H2,1-6H3. The molecule has 0 saturated carbocycles. The van der Waals surface area contributed by atoms with Gasteiger partial charge in [-0.25, -0.2) is 0 Å². The third-order valence-electron chi connectivity index (χ3n) is 2.93. The van der Waals surface area contributed by atoms with E-state index in [1.165, 1.54) is 5.57 Å². The van der Waals surface area contributed by atoms with Gasteiger partial charge in [0, 0.05) is 4.87 Å². The summed E-state index contributed by atoms with van der Waals surface area (Å²) in [6.45, 7) is 12.9. The van der Waals surface area contributed by atoms with Crippen LogP contribution in [0.25, 0.3) is 0 Å². The van der Waals surface area contributed by atoms with Crippen LogP contribution in [0.2, 0.25) is 0 Å². The fourth-order valence-corrected chi connectivity index (χ4v) is 1.11. The Morgan fingerprint density at radius 3 is 1.92 bits per heavy atom. The lowest BCUT2D eigenvalue weighted by Crippen LogP contribution is -2.33. The van der Waals surface area contributed by atoms with Crippen LogP contribution in [-0.4, -0.2) is 4.87 Å². The Labute approximate surface area is 88.4 Å². The van der Waals surface area contributed by atoms with Gasteiger partial charge in [0.1, 0.15) is 0 Å². The Bertz CT molecular complexity index is 178. The van der Waals surface area contributed by atoms with Crippen molar-refractivity contribution in [1.29, 1.82) is 0 Å². The average molecular weight is 203 g/mol. The van der Waals surface area contributed by atoms with Crippen LogP contribution in [0.1, 0.15) is 54.4 Å². The smallest absolute Gasteiger partial charge is 0.0441 e. The van der Waals surface area contributed by atoms with Gasteiger partial charge in [0.25, 0.3) is 0 Å². The van der Waals surface area contributed by atoms with Crippen LogP contribution in [-0.2, 0) is 0 Å². The van der Waals surface area contributed by atoms with Gasteiger partial charge in [0.15, 0.2) is 0 Å². The highest BCUT2D eigenvalue weighted by atomic mass is 35.5. The van der Waals surface area contributed by atoms with Crippen LogP contribution < -0.4 is 0 Å². The van der Waals surface area contributed by atoms with Gasteiger partial charge in [0.05, 0.1) is 0 Å². The van der Waals surface area contributed by atoms with E-state index in [0.29, 0.717) is 0 Å². The zero-order chi connectivity index (χ0) is 10.7. The van der Waals surface area contributed by atoms with Gasteiger partial charge in [-0.15, -0.1) is 11.6 Å². The molecule has 0 fully saturated rings. The van der Waals surface area contributed by atoms with Crippen LogP contribution in [0.3, 0.4) is 0 Å². The topological polar surface area (TPSA) is 0 Å². The van der Waals surface area contributed by atoms with Crippen LogP contribution in [0, 0.1) is 5.41 Å². The van der Waals surface area contributed by atoms with Gasteiger partial charge in [-0.3, -0.25) is 0 Å². The van der Waals surface area contributed by atoms with E-state index in [4.69, 9.17) is 11.6 Å². The summed E-state index contributed by atoms with van der Waals surface area (Å²) in [5.41, 5.74) is 1.59. The Morgan fingerprint density at radius 1 is 1.15 bits per heavy atom. The molecular formula is C12H23Cl. The van der Waals surface area contributed by atoms with Crippen LogP contribution >= 0.6 is 11.6 Å². The lowest BCUT2D eigenvalue weighted by atomic mass is 9.76. The van der Waals surface area contributed by atoms with Gasteiger partial charge in [0.2, 0.25) is 0 Å². The highest BCUT2D eigenvalue weighted by Gasteiger charge is 2.33. The molecule has 78 valence electrons. The van der Waals surface area contributed by atoms with Gasteiger partial charge in [-0.2, -0.15) is 0 Å². The Balaban J connectivity index is 4.12. The van der Waals surface area contributed by atoms with Crippen LogP contribution in [0.15, 0.2) is 11.6 Å². The van der Waals surface area contributed by atoms with E-state index in [0.717, 1.165) is 12.8 Å². The number of halogens is 1. The first-order valence-electron chi connectivity index (χ1n) is 4.99. The van der Waals surface area contributed by atoms with Gasteiger partial charge in [-0.05, 0) is 46.0 Å². The van der Waals surface area contributed by atoms with E-state index in [1.54, 1.807) is 0 Å². The van der Waals surface area contributed by atoms with Gasteiger partial charge in [-0.1, -0.05) is 25.5 Å². The molecule has 0 atom stereocenters. The minimum absolute atomic E-state index is 0.123. The van der Waals surface area contributed by atoms with Crippen LogP contribution in [0.4, 0.5) is 0 Å². The zero-order valence-corrected chi connectivity index (χ0v) is 10.6. The van der Waals surface area contributed by atoms with Crippen molar-refractivity contribution >= 4 is 11.6 Å². The summed E-state index contributed by atoms with van der Waals surface area (Å²) in [4.78, 5) is -0.123. The monoisotopic (exact) mass is 202 g/mol. The summed E-state index contributed by atoms with van der Waals surface area (Å²) in [6.07, 6.45) is 4.56. The van der Waals surface area contributed by atoms with Crippen LogP contribution in [0.5, 0.6) is 0 Å². The summed E-state index contributed by atoms with van der Waals surface area (Å²) < 4.78 is 0. The molecule has 0 nitrogen and oxygen atoms in total. The van der Waals surface area contributed by atoms with E-state index in [-0.39, 0.29) is 10.3 Å². The molecular weight excluding hydrogens is 180 g/mol. The predicted octanol–water partition coefficient (Wildman–Crippen LogP) is 4.78. The number of hydrogen-bond acceptors (Lipinski definition) is 0. The number of alkyl halides is 1. The molecule has 0 spiro atoms. The number of rotatable bonds is 4. The molecule has 0 aliphatic carbocycles. The molecule has 0 aromatic heterocycles. The fraction of sp³-hybridized carbons (Fsp3) is 0.833. The minimum Gasteiger partial charge on any atom is -0.119 e. The van der Waals surface area contributed by atoms with E-state index in [2.05, 4.69) is 47.6 Å². The summed E-state index contributed by atoms with van der Waals surface area (Å²) in [5.74, 6) is 0. The molecule has 1 heteroatoms. The third kappa shape index (κ3) is 4.71. The molecule has 0 heterocycles. The van der Waals surface area contributed by atoms with E-state index in [1.807, 2.05) is 0 Å². The van der Waals surface area contributed by atoms with Gasteiger partial charge >= 0.3 is 0 Å². The first-order valence-corrected chi connectivity index (χ1v) is 5.37. The molecule has 0 bridgehead atoms. The summed E-state index contributed by atoms with van der Waals surface area (Å²) in [6, 6.07) is 0.